The first-order valence-corrected chi connectivity index (χ1v) is 4.73. The third kappa shape index (κ3) is 3.90. The van der Waals surface area contributed by atoms with Gasteiger partial charge in [0.2, 0.25) is 5.91 Å². The Labute approximate surface area is 96.6 Å². The molecular formula is C10H11N3O4. The molecule has 17 heavy (non-hydrogen) atoms. The van der Waals surface area contributed by atoms with Gasteiger partial charge in [-0.1, -0.05) is 6.07 Å². The van der Waals surface area contributed by atoms with Gasteiger partial charge >= 0.3 is 5.97 Å². The van der Waals surface area contributed by atoms with Crippen molar-refractivity contribution >= 4 is 17.8 Å². The van der Waals surface area contributed by atoms with E-state index in [0.717, 1.165) is 0 Å². The molecule has 1 heterocycles. The Morgan fingerprint density at radius 3 is 2.59 bits per heavy atom. The van der Waals surface area contributed by atoms with Gasteiger partial charge in [0.1, 0.15) is 11.7 Å². The van der Waals surface area contributed by atoms with Crippen molar-refractivity contribution in [3.8, 4) is 0 Å². The number of hydrogen-bond donors (Lipinski definition) is 3. The maximum atomic E-state index is 11.6. The molecule has 7 nitrogen and oxygen atoms in total. The summed E-state index contributed by atoms with van der Waals surface area (Å²) < 4.78 is 0. The molecule has 0 aliphatic heterocycles. The molecule has 7 heteroatoms. The highest BCUT2D eigenvalue weighted by molar-refractivity contribution is 5.96. The topological polar surface area (TPSA) is 122 Å². The van der Waals surface area contributed by atoms with Crippen molar-refractivity contribution in [3.05, 3.63) is 30.1 Å². The van der Waals surface area contributed by atoms with Crippen molar-refractivity contribution in [1.82, 2.24) is 10.3 Å². The van der Waals surface area contributed by atoms with E-state index in [9.17, 15) is 14.4 Å². The third-order valence-corrected chi connectivity index (χ3v) is 1.91. The molecule has 90 valence electrons. The molecule has 0 fully saturated rings. The quantitative estimate of drug-likeness (QED) is 0.615. The number of primary amides is 1. The Balaban J connectivity index is 2.71. The Bertz CT molecular complexity index is 432. The third-order valence-electron chi connectivity index (χ3n) is 1.91. The van der Waals surface area contributed by atoms with Crippen LogP contribution < -0.4 is 11.1 Å². The number of hydrogen-bond acceptors (Lipinski definition) is 4. The molecule has 0 bridgehead atoms. The van der Waals surface area contributed by atoms with Crippen LogP contribution in [0.3, 0.4) is 0 Å². The molecule has 1 rings (SSSR count). The highest BCUT2D eigenvalue weighted by Crippen LogP contribution is 1.97. The van der Waals surface area contributed by atoms with Gasteiger partial charge in [-0.2, -0.15) is 0 Å². The second-order valence-electron chi connectivity index (χ2n) is 3.25. The van der Waals surface area contributed by atoms with Gasteiger partial charge in [0.25, 0.3) is 5.91 Å². The monoisotopic (exact) mass is 237 g/mol. The van der Waals surface area contributed by atoms with Gasteiger partial charge in [-0.15, -0.1) is 0 Å². The number of carboxylic acids is 1. The fourth-order valence-corrected chi connectivity index (χ4v) is 1.13. The molecule has 1 aromatic heterocycles. The summed E-state index contributed by atoms with van der Waals surface area (Å²) >= 11 is 0. The number of pyridine rings is 1. The first-order valence-electron chi connectivity index (χ1n) is 4.73. The van der Waals surface area contributed by atoms with Crippen LogP contribution in [-0.4, -0.2) is 33.9 Å². The van der Waals surface area contributed by atoms with Crippen molar-refractivity contribution in [1.29, 1.82) is 0 Å². The minimum atomic E-state index is -1.35. The van der Waals surface area contributed by atoms with Gasteiger partial charge in [0, 0.05) is 6.20 Å². The molecule has 4 N–H and O–H groups in total. The van der Waals surface area contributed by atoms with Gasteiger partial charge in [0.05, 0.1) is 6.42 Å². The summed E-state index contributed by atoms with van der Waals surface area (Å²) in [6, 6.07) is 3.29. The average molecular weight is 237 g/mol. The number of nitrogens with zero attached hydrogens (tertiary/aromatic N) is 1. The minimum absolute atomic E-state index is 0.0724. The number of carboxylic acid groups (broad SMARTS) is 1. The van der Waals surface area contributed by atoms with E-state index in [1.54, 1.807) is 12.1 Å². The van der Waals surface area contributed by atoms with Crippen LogP contribution in [0.25, 0.3) is 0 Å². The summed E-state index contributed by atoms with van der Waals surface area (Å²) in [6.45, 7) is 0. The highest BCUT2D eigenvalue weighted by atomic mass is 16.4. The zero-order chi connectivity index (χ0) is 12.8. The normalized spacial score (nSPS) is 11.5. The fraction of sp³-hybridized carbons (Fsp3) is 0.200. The van der Waals surface area contributed by atoms with Gasteiger partial charge in [-0.05, 0) is 12.1 Å². The van der Waals surface area contributed by atoms with E-state index < -0.39 is 30.2 Å². The highest BCUT2D eigenvalue weighted by Gasteiger charge is 2.22. The van der Waals surface area contributed by atoms with Crippen LogP contribution in [0.2, 0.25) is 0 Å². The Morgan fingerprint density at radius 2 is 2.12 bits per heavy atom. The van der Waals surface area contributed by atoms with Crippen LogP contribution in [0.5, 0.6) is 0 Å². The number of rotatable bonds is 5. The standard InChI is InChI=1S/C10H11N3O4/c11-8(14)5-7(10(16)17)13-9(15)6-3-1-2-4-12-6/h1-4,7H,5H2,(H2,11,14)(H,13,15)(H,16,17)/t7-/m0/s1. The molecule has 1 aromatic rings. The van der Waals surface area contributed by atoms with Gasteiger partial charge in [-0.3, -0.25) is 14.6 Å². The molecule has 0 aromatic carbocycles. The largest absolute Gasteiger partial charge is 0.480 e. The van der Waals surface area contributed by atoms with Gasteiger partial charge in [0.15, 0.2) is 0 Å². The lowest BCUT2D eigenvalue weighted by Crippen LogP contribution is -2.43. The number of carbonyl (C=O) groups is 3. The molecular weight excluding hydrogens is 226 g/mol. The summed E-state index contributed by atoms with van der Waals surface area (Å²) in [5.74, 6) is -2.80. The zero-order valence-electron chi connectivity index (χ0n) is 8.79. The minimum Gasteiger partial charge on any atom is -0.480 e. The van der Waals surface area contributed by atoms with Crippen LogP contribution in [0.4, 0.5) is 0 Å². The number of aromatic nitrogens is 1. The smallest absolute Gasteiger partial charge is 0.326 e. The molecule has 0 aliphatic carbocycles. The number of aliphatic carboxylic acids is 1. The van der Waals surface area contributed by atoms with Crippen LogP contribution in [0.1, 0.15) is 16.9 Å². The van der Waals surface area contributed by atoms with Crippen LogP contribution in [0.15, 0.2) is 24.4 Å². The first kappa shape index (κ1) is 12.6. The second-order valence-corrected chi connectivity index (χ2v) is 3.25. The lowest BCUT2D eigenvalue weighted by Gasteiger charge is -2.12. The fourth-order valence-electron chi connectivity index (χ4n) is 1.13. The number of nitrogens with one attached hydrogen (secondary N) is 1. The summed E-state index contributed by atoms with van der Waals surface area (Å²) in [7, 11) is 0. The van der Waals surface area contributed by atoms with Crippen molar-refractivity contribution < 1.29 is 19.5 Å². The molecule has 0 saturated heterocycles. The SMILES string of the molecule is NC(=O)C[C@H](NC(=O)c1ccccn1)C(=O)O. The van der Waals surface area contributed by atoms with E-state index in [4.69, 9.17) is 10.8 Å². The first-order chi connectivity index (χ1) is 8.00. The predicted molar refractivity (Wildman–Crippen MR) is 56.9 cm³/mol. The molecule has 0 spiro atoms. The van der Waals surface area contributed by atoms with E-state index in [1.807, 2.05) is 0 Å². The molecule has 2 amide bonds. The van der Waals surface area contributed by atoms with Crippen molar-refractivity contribution in [2.24, 2.45) is 5.73 Å². The molecule has 1 atom stereocenters. The van der Waals surface area contributed by atoms with E-state index in [1.165, 1.54) is 12.3 Å². The van der Waals surface area contributed by atoms with Crippen LogP contribution >= 0.6 is 0 Å². The Hall–Kier alpha value is -2.44. The zero-order valence-corrected chi connectivity index (χ0v) is 8.79. The Morgan fingerprint density at radius 1 is 1.41 bits per heavy atom. The molecule has 0 radical (unpaired) electrons. The molecule has 0 aliphatic rings. The Kier molecular flexibility index (Phi) is 4.15. The number of carbonyl (C=O) groups excluding carboxylic acids is 2. The maximum Gasteiger partial charge on any atom is 0.326 e. The summed E-state index contributed by atoms with van der Waals surface area (Å²) in [5.41, 5.74) is 4.95. The molecule has 0 saturated carbocycles. The lowest BCUT2D eigenvalue weighted by atomic mass is 10.2. The van der Waals surface area contributed by atoms with Gasteiger partial charge in [-0.25, -0.2) is 4.79 Å². The van der Waals surface area contributed by atoms with Crippen molar-refractivity contribution in [2.75, 3.05) is 0 Å². The molecule has 0 unspecified atom stereocenters. The number of amides is 2. The summed E-state index contributed by atoms with van der Waals surface area (Å²) in [4.78, 5) is 36.7. The second kappa shape index (κ2) is 5.59. The van der Waals surface area contributed by atoms with E-state index in [0.29, 0.717) is 0 Å². The summed E-state index contributed by atoms with van der Waals surface area (Å²) in [6.07, 6.45) is 0.937. The summed E-state index contributed by atoms with van der Waals surface area (Å²) in [5, 5.41) is 10.9. The van der Waals surface area contributed by atoms with E-state index in [-0.39, 0.29) is 5.69 Å². The van der Waals surface area contributed by atoms with E-state index in [2.05, 4.69) is 10.3 Å². The number of nitrogens with two attached hydrogens (primary N) is 1. The van der Waals surface area contributed by atoms with Crippen LogP contribution in [0, 0.1) is 0 Å². The van der Waals surface area contributed by atoms with E-state index >= 15 is 0 Å². The maximum absolute atomic E-state index is 11.6. The lowest BCUT2D eigenvalue weighted by molar-refractivity contribution is -0.140. The predicted octanol–water partition coefficient (Wildman–Crippen LogP) is -0.860. The van der Waals surface area contributed by atoms with Crippen LogP contribution in [-0.2, 0) is 9.59 Å². The van der Waals surface area contributed by atoms with Crippen molar-refractivity contribution in [3.63, 3.8) is 0 Å². The average Bonchev–Trinajstić information content (AvgIpc) is 2.28. The van der Waals surface area contributed by atoms with Crippen molar-refractivity contribution in [2.45, 2.75) is 12.5 Å². The van der Waals surface area contributed by atoms with Gasteiger partial charge < -0.3 is 16.2 Å².